The molecule has 0 amide bonds. The third kappa shape index (κ3) is 19.6. The molecule has 0 aromatic heterocycles. The van der Waals surface area contributed by atoms with Gasteiger partial charge in [0, 0.05) is 0 Å². The second-order valence-corrected chi connectivity index (χ2v) is 25.3. The largest absolute Gasteiger partial charge is 0.475 e. The Morgan fingerprint density at radius 2 is 0.333 bits per heavy atom. The molecular weight excluding hydrogens is 1160 g/mol. The molecule has 9 aromatic rings. The van der Waals surface area contributed by atoms with E-state index in [0.717, 1.165) is 5.56 Å². The lowest BCUT2D eigenvalue weighted by Gasteiger charge is -2.50. The fourth-order valence-corrected chi connectivity index (χ4v) is 13.5. The van der Waals surface area contributed by atoms with Gasteiger partial charge in [-0.15, -0.1) is 0 Å². The van der Waals surface area contributed by atoms with E-state index >= 15 is 13.7 Å². The molecule has 15 nitrogen and oxygen atoms in total. The number of phosphoric ester groups is 3. The van der Waals surface area contributed by atoms with Crippen molar-refractivity contribution in [2.45, 2.75) is 96.1 Å². The van der Waals surface area contributed by atoms with E-state index in [4.69, 9.17) is 54.9 Å². The fraction of sp³-hybridized carbons (Fsp3) is 0.217. The van der Waals surface area contributed by atoms with Crippen molar-refractivity contribution in [2.75, 3.05) is 0 Å². The Kier molecular flexibility index (Phi) is 23.6. The SMILES string of the molecule is O=P(OCc1ccccc1)(OCc1ccccc1)O[C@H]1[C@@H](OCc2ccccc2)[C@H](OCc2ccccc2)[C@@H](OP(=O)(OCc2ccccc2)OCc2ccccc2)[C@H](OP(=O)(OCc2ccccc2)OCc2ccccc2)[C@H]1OCc1ccccc1. The maximum atomic E-state index is 16.2. The van der Waals surface area contributed by atoms with Gasteiger partial charge in [-0.3, -0.25) is 40.7 Å². The molecule has 0 heterocycles. The molecular formula is C69H69O15P3. The highest BCUT2D eigenvalue weighted by Gasteiger charge is 2.61. The maximum Gasteiger partial charge on any atom is 0.475 e. The first kappa shape index (κ1) is 63.2. The van der Waals surface area contributed by atoms with Crippen molar-refractivity contribution < 1.29 is 68.6 Å². The van der Waals surface area contributed by atoms with Gasteiger partial charge in [-0.25, -0.2) is 13.7 Å². The molecule has 0 bridgehead atoms. The monoisotopic (exact) mass is 1230 g/mol. The van der Waals surface area contributed by atoms with Gasteiger partial charge in [-0.2, -0.15) is 0 Å². The van der Waals surface area contributed by atoms with Crippen LogP contribution in [0.15, 0.2) is 273 Å². The summed E-state index contributed by atoms with van der Waals surface area (Å²) >= 11 is 0. The van der Waals surface area contributed by atoms with Gasteiger partial charge in [0.15, 0.2) is 0 Å². The van der Waals surface area contributed by atoms with Crippen LogP contribution in [-0.2, 0) is 128 Å². The molecule has 6 atom stereocenters. The highest BCUT2D eigenvalue weighted by molar-refractivity contribution is 7.49. The van der Waals surface area contributed by atoms with Crippen molar-refractivity contribution in [3.8, 4) is 0 Å². The van der Waals surface area contributed by atoms with Crippen LogP contribution >= 0.6 is 23.5 Å². The summed E-state index contributed by atoms with van der Waals surface area (Å²) in [5, 5.41) is 0. The van der Waals surface area contributed by atoms with Crippen LogP contribution in [0.25, 0.3) is 0 Å². The molecule has 0 saturated heterocycles. The van der Waals surface area contributed by atoms with Gasteiger partial charge in [-0.1, -0.05) is 273 Å². The van der Waals surface area contributed by atoms with E-state index in [9.17, 15) is 0 Å². The fourth-order valence-electron chi connectivity index (χ4n) is 9.46. The summed E-state index contributed by atoms with van der Waals surface area (Å²) in [6.45, 7) is -1.82. The zero-order valence-corrected chi connectivity index (χ0v) is 50.5. The Morgan fingerprint density at radius 1 is 0.195 bits per heavy atom. The Labute approximate surface area is 508 Å². The summed E-state index contributed by atoms with van der Waals surface area (Å²) in [5.74, 6) is 0. The molecule has 87 heavy (non-hydrogen) atoms. The minimum Gasteiger partial charge on any atom is -0.368 e. The molecule has 0 N–H and O–H groups in total. The Morgan fingerprint density at radius 3 is 0.506 bits per heavy atom. The van der Waals surface area contributed by atoms with Crippen LogP contribution in [0.1, 0.15) is 50.1 Å². The van der Waals surface area contributed by atoms with Gasteiger partial charge >= 0.3 is 23.5 Å². The molecule has 0 radical (unpaired) electrons. The maximum absolute atomic E-state index is 16.2. The van der Waals surface area contributed by atoms with Crippen LogP contribution in [0.2, 0.25) is 0 Å². The minimum atomic E-state index is -4.97. The lowest BCUT2D eigenvalue weighted by Crippen LogP contribution is -2.67. The number of hydrogen-bond donors (Lipinski definition) is 0. The Bertz CT molecular complexity index is 3410. The molecule has 18 heteroatoms. The van der Waals surface area contributed by atoms with Crippen LogP contribution in [0.5, 0.6) is 0 Å². The Hall–Kier alpha value is -6.81. The summed E-state index contributed by atoms with van der Waals surface area (Å²) in [6.07, 6.45) is -9.75. The molecule has 0 aliphatic heterocycles. The third-order valence-corrected chi connectivity index (χ3v) is 18.1. The van der Waals surface area contributed by atoms with Crippen LogP contribution in [0.3, 0.4) is 0 Å². The molecule has 0 unspecified atom stereocenters. The van der Waals surface area contributed by atoms with Crippen molar-refractivity contribution in [1.82, 2.24) is 0 Å². The normalized spacial score (nSPS) is 18.1. The molecule has 1 fully saturated rings. The highest BCUT2D eigenvalue weighted by atomic mass is 31.2. The lowest BCUT2D eigenvalue weighted by atomic mass is 9.84. The predicted octanol–water partition coefficient (Wildman–Crippen LogP) is 16.5. The number of ether oxygens (including phenoxy) is 3. The molecule has 0 spiro atoms. The molecule has 1 aliphatic rings. The first-order valence-electron chi connectivity index (χ1n) is 28.6. The zero-order valence-electron chi connectivity index (χ0n) is 47.8. The summed E-state index contributed by atoms with van der Waals surface area (Å²) < 4.78 is 129. The number of hydrogen-bond acceptors (Lipinski definition) is 15. The molecule has 1 saturated carbocycles. The summed E-state index contributed by atoms with van der Waals surface area (Å²) in [5.41, 5.74) is 6.03. The van der Waals surface area contributed by atoms with Crippen LogP contribution in [0.4, 0.5) is 0 Å². The second-order valence-electron chi connectivity index (χ2n) is 20.4. The highest BCUT2D eigenvalue weighted by Crippen LogP contribution is 2.61. The van der Waals surface area contributed by atoms with Crippen molar-refractivity contribution >= 4 is 23.5 Å². The van der Waals surface area contributed by atoms with Gasteiger partial charge < -0.3 is 14.2 Å². The second kappa shape index (κ2) is 32.4. The van der Waals surface area contributed by atoms with Crippen LogP contribution in [0, 0.1) is 0 Å². The molecule has 450 valence electrons. The summed E-state index contributed by atoms with van der Waals surface area (Å²) in [4.78, 5) is 0. The van der Waals surface area contributed by atoms with Gasteiger partial charge in [0.1, 0.15) is 36.6 Å². The number of benzene rings is 9. The third-order valence-electron chi connectivity index (χ3n) is 13.9. The average Bonchev–Trinajstić information content (AvgIpc) is 1.33. The van der Waals surface area contributed by atoms with Crippen molar-refractivity contribution in [3.63, 3.8) is 0 Å². The van der Waals surface area contributed by atoms with Crippen molar-refractivity contribution in [1.29, 1.82) is 0 Å². The summed E-state index contributed by atoms with van der Waals surface area (Å²) in [6, 6.07) is 82.7. The van der Waals surface area contributed by atoms with E-state index in [-0.39, 0.29) is 59.5 Å². The van der Waals surface area contributed by atoms with Gasteiger partial charge in [0.2, 0.25) is 0 Å². The van der Waals surface area contributed by atoms with Crippen molar-refractivity contribution in [2.24, 2.45) is 0 Å². The van der Waals surface area contributed by atoms with E-state index < -0.39 is 60.1 Å². The first-order chi connectivity index (χ1) is 42.7. The Balaban J connectivity index is 1.17. The van der Waals surface area contributed by atoms with E-state index in [1.165, 1.54) is 0 Å². The van der Waals surface area contributed by atoms with Crippen LogP contribution < -0.4 is 0 Å². The van der Waals surface area contributed by atoms with Gasteiger partial charge in [-0.05, 0) is 50.1 Å². The predicted molar refractivity (Wildman–Crippen MR) is 330 cm³/mol. The average molecular weight is 1230 g/mol. The molecule has 1 aliphatic carbocycles. The quantitative estimate of drug-likeness (QED) is 0.0357. The van der Waals surface area contributed by atoms with Gasteiger partial charge in [0.05, 0.1) is 59.5 Å². The lowest BCUT2D eigenvalue weighted by molar-refractivity contribution is -0.255. The van der Waals surface area contributed by atoms with E-state index in [0.29, 0.717) is 44.5 Å². The molecule has 9 aromatic carbocycles. The van der Waals surface area contributed by atoms with Crippen molar-refractivity contribution in [3.05, 3.63) is 323 Å². The van der Waals surface area contributed by atoms with E-state index in [2.05, 4.69) is 0 Å². The number of rotatable bonds is 33. The summed E-state index contributed by atoms with van der Waals surface area (Å²) in [7, 11) is -14.8. The van der Waals surface area contributed by atoms with Gasteiger partial charge in [0.25, 0.3) is 0 Å². The minimum absolute atomic E-state index is 0.0915. The van der Waals surface area contributed by atoms with Crippen LogP contribution in [-0.4, -0.2) is 36.6 Å². The van der Waals surface area contributed by atoms with E-state index in [1.807, 2.05) is 249 Å². The zero-order chi connectivity index (χ0) is 59.8. The molecule has 10 rings (SSSR count). The van der Waals surface area contributed by atoms with E-state index in [1.54, 1.807) is 24.3 Å². The first-order valence-corrected chi connectivity index (χ1v) is 33.0. The topological polar surface area (TPSA) is 162 Å². The smallest absolute Gasteiger partial charge is 0.368 e. The number of phosphoric acid groups is 3. The standard InChI is InChI=1S/C69H69O15P3/c70-85(76-49-58-34-16-4-17-35-58,77-50-59-36-18-5-19-37-59)82-67-64(73-46-55-28-10-1-11-29-55)65(74-47-56-30-12-2-13-31-56)68(83-86(71,78-51-60-38-20-6-21-39-60)79-52-61-40-22-7-23-41-61)69(66(67)75-48-57-32-14-3-15-33-57)84-87(72,80-53-62-42-24-8-25-43-62)81-54-63-44-26-9-27-45-63/h1-45,64-69H,46-54H2/t64-,65-,66-,67-,68+,69+/m0/s1.